The molecule has 0 aliphatic carbocycles. The van der Waals surface area contributed by atoms with Crippen LogP contribution < -0.4 is 5.32 Å². The molecule has 0 bridgehead atoms. The molecule has 1 rings (SSSR count). The molecule has 6 nitrogen and oxygen atoms in total. The number of nitrogens with one attached hydrogen (secondary N) is 1. The standard InChI is InChI=1S/C15H20N2O4/c1-10(15(20)21)8-17(3)9-14(19)16-13-6-4-5-12(7-13)11(2)18/h4-7,10H,8-9H2,1-3H3,(H,16,19)(H,20,21). The summed E-state index contributed by atoms with van der Waals surface area (Å²) in [5, 5.41) is 11.5. The van der Waals surface area contributed by atoms with Crippen molar-refractivity contribution < 1.29 is 19.5 Å². The number of hydrogen-bond acceptors (Lipinski definition) is 4. The molecule has 1 aromatic rings. The van der Waals surface area contributed by atoms with E-state index in [0.717, 1.165) is 0 Å². The van der Waals surface area contributed by atoms with Crippen molar-refractivity contribution >= 4 is 23.3 Å². The zero-order valence-electron chi connectivity index (χ0n) is 12.4. The number of carboxylic acid groups (broad SMARTS) is 1. The minimum absolute atomic E-state index is 0.0708. The molecule has 1 aromatic carbocycles. The van der Waals surface area contributed by atoms with Crippen LogP contribution in [-0.2, 0) is 9.59 Å². The highest BCUT2D eigenvalue weighted by molar-refractivity contribution is 5.97. The number of Topliss-reactive ketones (excluding diaryl/α,β-unsaturated/α-hetero) is 1. The first-order valence-corrected chi connectivity index (χ1v) is 6.61. The molecule has 1 unspecified atom stereocenters. The molecule has 1 amide bonds. The lowest BCUT2D eigenvalue weighted by Crippen LogP contribution is -2.35. The Morgan fingerprint density at radius 2 is 2.00 bits per heavy atom. The summed E-state index contributed by atoms with van der Waals surface area (Å²) >= 11 is 0. The van der Waals surface area contributed by atoms with Crippen LogP contribution in [0, 0.1) is 5.92 Å². The highest BCUT2D eigenvalue weighted by atomic mass is 16.4. The molecule has 1 atom stereocenters. The first-order chi connectivity index (χ1) is 9.79. The zero-order valence-corrected chi connectivity index (χ0v) is 12.4. The molecule has 114 valence electrons. The number of ketones is 1. The van der Waals surface area contributed by atoms with Gasteiger partial charge in [0.2, 0.25) is 5.91 Å². The van der Waals surface area contributed by atoms with E-state index in [4.69, 9.17) is 5.11 Å². The van der Waals surface area contributed by atoms with Gasteiger partial charge in [-0.15, -0.1) is 0 Å². The van der Waals surface area contributed by atoms with E-state index in [1.54, 1.807) is 43.1 Å². The number of likely N-dealkylation sites (N-methyl/N-ethyl adjacent to an activating group) is 1. The average molecular weight is 292 g/mol. The molecule has 2 N–H and O–H groups in total. The lowest BCUT2D eigenvalue weighted by molar-refractivity contribution is -0.141. The molecule has 0 spiro atoms. The summed E-state index contributed by atoms with van der Waals surface area (Å²) < 4.78 is 0. The Morgan fingerprint density at radius 1 is 1.33 bits per heavy atom. The summed E-state index contributed by atoms with van der Waals surface area (Å²) in [5.41, 5.74) is 1.08. The third-order valence-corrected chi connectivity index (χ3v) is 2.97. The van der Waals surface area contributed by atoms with Gasteiger partial charge in [0.25, 0.3) is 0 Å². The fraction of sp³-hybridized carbons (Fsp3) is 0.400. The number of carbonyl (C=O) groups excluding carboxylic acids is 2. The van der Waals surface area contributed by atoms with Crippen LogP contribution in [0.5, 0.6) is 0 Å². The molecule has 0 heterocycles. The number of hydrogen-bond donors (Lipinski definition) is 2. The summed E-state index contributed by atoms with van der Waals surface area (Å²) in [7, 11) is 1.69. The van der Waals surface area contributed by atoms with Crippen LogP contribution in [0.2, 0.25) is 0 Å². The molecule has 0 aliphatic heterocycles. The molecule has 0 saturated carbocycles. The fourth-order valence-electron chi connectivity index (χ4n) is 1.87. The number of nitrogens with zero attached hydrogens (tertiary/aromatic N) is 1. The molecule has 6 heteroatoms. The van der Waals surface area contributed by atoms with E-state index in [-0.39, 0.29) is 24.8 Å². The van der Waals surface area contributed by atoms with Crippen molar-refractivity contribution in [2.45, 2.75) is 13.8 Å². The van der Waals surface area contributed by atoms with Crippen molar-refractivity contribution in [3.8, 4) is 0 Å². The van der Waals surface area contributed by atoms with Crippen molar-refractivity contribution in [2.24, 2.45) is 5.92 Å². The molecule has 0 aliphatic rings. The normalized spacial score (nSPS) is 12.0. The Labute approximate surface area is 123 Å². The van der Waals surface area contributed by atoms with Crippen LogP contribution in [-0.4, -0.2) is 47.8 Å². The Bertz CT molecular complexity index is 542. The lowest BCUT2D eigenvalue weighted by atomic mass is 10.1. The van der Waals surface area contributed by atoms with E-state index in [2.05, 4.69) is 5.32 Å². The average Bonchev–Trinajstić information content (AvgIpc) is 2.38. The van der Waals surface area contributed by atoms with Crippen molar-refractivity contribution in [1.82, 2.24) is 4.90 Å². The first kappa shape index (κ1) is 16.8. The predicted molar refractivity (Wildman–Crippen MR) is 79.4 cm³/mol. The summed E-state index contributed by atoms with van der Waals surface area (Å²) in [6, 6.07) is 6.69. The highest BCUT2D eigenvalue weighted by Crippen LogP contribution is 2.11. The van der Waals surface area contributed by atoms with Gasteiger partial charge >= 0.3 is 5.97 Å². The maximum Gasteiger partial charge on any atom is 0.307 e. The first-order valence-electron chi connectivity index (χ1n) is 6.61. The number of carbonyl (C=O) groups is 3. The molecule has 0 saturated heterocycles. The SMILES string of the molecule is CC(=O)c1cccc(NC(=O)CN(C)CC(C)C(=O)O)c1. The summed E-state index contributed by atoms with van der Waals surface area (Å²) in [4.78, 5) is 35.5. The minimum Gasteiger partial charge on any atom is -0.481 e. The van der Waals surface area contributed by atoms with Crippen molar-refractivity contribution in [2.75, 3.05) is 25.5 Å². The number of carboxylic acids is 1. The van der Waals surface area contributed by atoms with Gasteiger partial charge in [0.05, 0.1) is 12.5 Å². The van der Waals surface area contributed by atoms with E-state index in [9.17, 15) is 14.4 Å². The van der Waals surface area contributed by atoms with E-state index in [0.29, 0.717) is 11.3 Å². The number of aliphatic carboxylic acids is 1. The van der Waals surface area contributed by atoms with Crippen LogP contribution in [0.1, 0.15) is 24.2 Å². The third kappa shape index (κ3) is 5.74. The predicted octanol–water partition coefficient (Wildman–Crippen LogP) is 1.48. The zero-order chi connectivity index (χ0) is 16.0. The van der Waals surface area contributed by atoms with Crippen LogP contribution in [0.4, 0.5) is 5.69 Å². The molecule has 0 aromatic heterocycles. The molecule has 21 heavy (non-hydrogen) atoms. The van der Waals surface area contributed by atoms with Gasteiger partial charge in [-0.1, -0.05) is 19.1 Å². The monoisotopic (exact) mass is 292 g/mol. The smallest absolute Gasteiger partial charge is 0.307 e. The Kier molecular flexibility index (Phi) is 6.05. The minimum atomic E-state index is -0.892. The molecule has 0 radical (unpaired) electrons. The molecular weight excluding hydrogens is 272 g/mol. The van der Waals surface area contributed by atoms with Gasteiger partial charge in [0, 0.05) is 17.8 Å². The summed E-state index contributed by atoms with van der Waals surface area (Å²) in [6.07, 6.45) is 0. The van der Waals surface area contributed by atoms with Crippen molar-refractivity contribution in [3.05, 3.63) is 29.8 Å². The van der Waals surface area contributed by atoms with Crippen LogP contribution >= 0.6 is 0 Å². The van der Waals surface area contributed by atoms with Gasteiger partial charge in [-0.3, -0.25) is 19.3 Å². The van der Waals surface area contributed by atoms with Crippen LogP contribution in [0.15, 0.2) is 24.3 Å². The van der Waals surface area contributed by atoms with E-state index >= 15 is 0 Å². The second-order valence-corrected chi connectivity index (χ2v) is 5.12. The molecule has 0 fully saturated rings. The second-order valence-electron chi connectivity index (χ2n) is 5.12. The maximum absolute atomic E-state index is 11.9. The van der Waals surface area contributed by atoms with Gasteiger partial charge in [-0.25, -0.2) is 0 Å². The number of benzene rings is 1. The van der Waals surface area contributed by atoms with Gasteiger partial charge in [-0.2, -0.15) is 0 Å². The Hall–Kier alpha value is -2.21. The quantitative estimate of drug-likeness (QED) is 0.743. The Morgan fingerprint density at radius 3 is 2.57 bits per heavy atom. The topological polar surface area (TPSA) is 86.7 Å². The number of anilines is 1. The largest absolute Gasteiger partial charge is 0.481 e. The van der Waals surface area contributed by atoms with E-state index in [1.165, 1.54) is 6.92 Å². The van der Waals surface area contributed by atoms with E-state index < -0.39 is 11.9 Å². The van der Waals surface area contributed by atoms with Crippen LogP contribution in [0.3, 0.4) is 0 Å². The summed E-state index contributed by atoms with van der Waals surface area (Å²) in [5.74, 6) is -1.76. The van der Waals surface area contributed by atoms with Crippen molar-refractivity contribution in [3.63, 3.8) is 0 Å². The van der Waals surface area contributed by atoms with Crippen molar-refractivity contribution in [1.29, 1.82) is 0 Å². The fourth-order valence-corrected chi connectivity index (χ4v) is 1.87. The lowest BCUT2D eigenvalue weighted by Gasteiger charge is -2.18. The summed E-state index contributed by atoms with van der Waals surface area (Å²) in [6.45, 7) is 3.42. The highest BCUT2D eigenvalue weighted by Gasteiger charge is 2.15. The van der Waals surface area contributed by atoms with Gasteiger partial charge < -0.3 is 10.4 Å². The molecular formula is C15H20N2O4. The van der Waals surface area contributed by atoms with Gasteiger partial charge in [0.1, 0.15) is 0 Å². The van der Waals surface area contributed by atoms with Crippen LogP contribution in [0.25, 0.3) is 0 Å². The third-order valence-electron chi connectivity index (χ3n) is 2.97. The van der Waals surface area contributed by atoms with Gasteiger partial charge in [0.15, 0.2) is 5.78 Å². The number of rotatable bonds is 7. The maximum atomic E-state index is 11.9. The Balaban J connectivity index is 2.55. The number of amides is 1. The second kappa shape index (κ2) is 7.54. The van der Waals surface area contributed by atoms with E-state index in [1.807, 2.05) is 0 Å². The van der Waals surface area contributed by atoms with Gasteiger partial charge in [-0.05, 0) is 26.1 Å².